The fourth-order valence-corrected chi connectivity index (χ4v) is 2.72. The van der Waals surface area contributed by atoms with Gasteiger partial charge >= 0.3 is 6.03 Å². The summed E-state index contributed by atoms with van der Waals surface area (Å²) in [6.45, 7) is 1.08. The van der Waals surface area contributed by atoms with Crippen LogP contribution in [0, 0.1) is 0 Å². The number of carbonyl (C=O) groups is 1. The number of hydrogen-bond acceptors (Lipinski definition) is 5. The van der Waals surface area contributed by atoms with Crippen LogP contribution >= 0.6 is 11.6 Å². The normalized spacial score (nSPS) is 11.8. The minimum absolute atomic E-state index is 0.295. The average molecular weight is 401 g/mol. The molecular formula is C20H21ClN4O3. The maximum Gasteiger partial charge on any atom is 0.315 e. The number of methoxy groups -OCH3 is 1. The molecule has 0 saturated heterocycles. The number of nitrogens with one attached hydrogen (secondary N) is 2. The maximum absolute atomic E-state index is 12.3. The number of nitrogens with zero attached hydrogens (tertiary/aromatic N) is 2. The van der Waals surface area contributed by atoms with Crippen molar-refractivity contribution in [1.29, 1.82) is 0 Å². The monoisotopic (exact) mass is 400 g/mol. The predicted molar refractivity (Wildman–Crippen MR) is 106 cm³/mol. The molecule has 0 aliphatic rings. The minimum atomic E-state index is -0.572. The van der Waals surface area contributed by atoms with Crippen molar-refractivity contribution in [1.82, 2.24) is 20.8 Å². The van der Waals surface area contributed by atoms with E-state index < -0.39 is 6.04 Å². The third-order valence-electron chi connectivity index (χ3n) is 4.00. The highest BCUT2D eigenvalue weighted by Crippen LogP contribution is 2.25. The summed E-state index contributed by atoms with van der Waals surface area (Å²) in [5.74, 6) is 0.651. The van der Waals surface area contributed by atoms with Crippen molar-refractivity contribution in [2.45, 2.75) is 12.5 Å². The van der Waals surface area contributed by atoms with Crippen LogP contribution in [0.25, 0.3) is 11.5 Å². The summed E-state index contributed by atoms with van der Waals surface area (Å²) in [7, 11) is 1.62. The Bertz CT molecular complexity index is 884. The van der Waals surface area contributed by atoms with Crippen molar-refractivity contribution >= 4 is 17.6 Å². The number of halogens is 1. The molecule has 3 rings (SSSR count). The molecule has 1 aromatic heterocycles. The zero-order valence-corrected chi connectivity index (χ0v) is 16.1. The van der Waals surface area contributed by atoms with Crippen molar-refractivity contribution < 1.29 is 13.9 Å². The van der Waals surface area contributed by atoms with Crippen LogP contribution in [0.3, 0.4) is 0 Å². The summed E-state index contributed by atoms with van der Waals surface area (Å²) in [6.07, 6.45) is 0.723. The maximum atomic E-state index is 12.3. The summed E-state index contributed by atoms with van der Waals surface area (Å²) in [5.41, 5.74) is 1.58. The van der Waals surface area contributed by atoms with Crippen LogP contribution < -0.4 is 10.6 Å². The molecule has 7 nitrogen and oxygen atoms in total. The quantitative estimate of drug-likeness (QED) is 0.561. The Hall–Kier alpha value is -2.90. The van der Waals surface area contributed by atoms with Crippen LogP contribution in [0.5, 0.6) is 0 Å². The van der Waals surface area contributed by atoms with Crippen LogP contribution in [0.2, 0.25) is 5.02 Å². The van der Waals surface area contributed by atoms with E-state index in [0.717, 1.165) is 17.5 Å². The summed E-state index contributed by atoms with van der Waals surface area (Å²) in [5, 5.41) is 14.6. The molecule has 2 aromatic carbocycles. The molecule has 28 heavy (non-hydrogen) atoms. The fourth-order valence-electron chi connectivity index (χ4n) is 2.59. The van der Waals surface area contributed by atoms with Crippen molar-refractivity contribution in [3.05, 3.63) is 71.1 Å². The molecule has 2 N–H and O–H groups in total. The molecule has 0 bridgehead atoms. The molecule has 0 unspecified atom stereocenters. The number of benzene rings is 2. The van der Waals surface area contributed by atoms with Gasteiger partial charge < -0.3 is 19.8 Å². The van der Waals surface area contributed by atoms with E-state index in [9.17, 15) is 4.79 Å². The summed E-state index contributed by atoms with van der Waals surface area (Å²) >= 11 is 5.92. The first-order valence-electron chi connectivity index (χ1n) is 8.85. The molecule has 0 saturated carbocycles. The highest BCUT2D eigenvalue weighted by molar-refractivity contribution is 6.30. The number of aromatic nitrogens is 2. The van der Waals surface area contributed by atoms with Gasteiger partial charge in [0.2, 0.25) is 11.8 Å². The molecular weight excluding hydrogens is 380 g/mol. The van der Waals surface area contributed by atoms with Crippen LogP contribution in [0.15, 0.2) is 59.0 Å². The van der Waals surface area contributed by atoms with Gasteiger partial charge in [-0.2, -0.15) is 0 Å². The summed E-state index contributed by atoms with van der Waals surface area (Å²) < 4.78 is 10.8. The summed E-state index contributed by atoms with van der Waals surface area (Å²) in [6, 6.07) is 15.7. The van der Waals surface area contributed by atoms with Crippen molar-refractivity contribution in [2.75, 3.05) is 20.3 Å². The number of carbonyl (C=O) groups excluding carboxylic acids is 1. The fraction of sp³-hybridized carbons (Fsp3) is 0.250. The third-order valence-corrected chi connectivity index (χ3v) is 4.25. The first-order chi connectivity index (χ1) is 13.7. The van der Waals surface area contributed by atoms with Crippen molar-refractivity contribution in [2.24, 2.45) is 0 Å². The van der Waals surface area contributed by atoms with Gasteiger partial charge in [0, 0.05) is 30.8 Å². The molecule has 0 radical (unpaired) electrons. The number of amides is 2. The molecule has 0 aliphatic heterocycles. The SMILES string of the molecule is COCCCNC(=O)N[C@@H](c1ccccc1)c1nnc(-c2ccc(Cl)cc2)o1. The van der Waals surface area contributed by atoms with Gasteiger partial charge in [-0.25, -0.2) is 4.79 Å². The number of ether oxygens (including phenoxy) is 1. The van der Waals surface area contributed by atoms with E-state index in [4.69, 9.17) is 20.8 Å². The van der Waals surface area contributed by atoms with Crippen LogP contribution in [-0.4, -0.2) is 36.5 Å². The number of rotatable bonds is 8. The van der Waals surface area contributed by atoms with Gasteiger partial charge in [-0.15, -0.1) is 10.2 Å². The van der Waals surface area contributed by atoms with Crippen LogP contribution in [-0.2, 0) is 4.74 Å². The van der Waals surface area contributed by atoms with E-state index in [1.165, 1.54) is 0 Å². The molecule has 2 amide bonds. The van der Waals surface area contributed by atoms with Gasteiger partial charge in [-0.05, 0) is 36.2 Å². The number of urea groups is 1. The highest BCUT2D eigenvalue weighted by Gasteiger charge is 2.23. The Morgan fingerprint density at radius 2 is 1.89 bits per heavy atom. The topological polar surface area (TPSA) is 89.3 Å². The Morgan fingerprint density at radius 3 is 2.61 bits per heavy atom. The predicted octanol–water partition coefficient (Wildman–Crippen LogP) is 3.82. The highest BCUT2D eigenvalue weighted by atomic mass is 35.5. The molecule has 0 aliphatic carbocycles. The van der Waals surface area contributed by atoms with E-state index in [1.807, 2.05) is 30.3 Å². The second-order valence-electron chi connectivity index (χ2n) is 6.04. The molecule has 0 fully saturated rings. The lowest BCUT2D eigenvalue weighted by molar-refractivity contribution is 0.193. The molecule has 3 aromatic rings. The second kappa shape index (κ2) is 9.87. The zero-order chi connectivity index (χ0) is 19.8. The lowest BCUT2D eigenvalue weighted by Gasteiger charge is -2.16. The Kier molecular flexibility index (Phi) is 7.00. The standard InChI is InChI=1S/C20H21ClN4O3/c1-27-13-5-12-22-20(26)23-17(14-6-3-2-4-7-14)19-25-24-18(28-19)15-8-10-16(21)11-9-15/h2-4,6-11,17H,5,12-13H2,1H3,(H2,22,23,26)/t17-/m0/s1. The van der Waals surface area contributed by atoms with Crippen molar-refractivity contribution in [3.8, 4) is 11.5 Å². The Labute approximate surface area is 168 Å². The van der Waals surface area contributed by atoms with Gasteiger partial charge in [-0.3, -0.25) is 0 Å². The first kappa shape index (κ1) is 19.9. The lowest BCUT2D eigenvalue weighted by atomic mass is 10.1. The van der Waals surface area contributed by atoms with Crippen LogP contribution in [0.4, 0.5) is 4.79 Å². The van der Waals surface area contributed by atoms with Gasteiger partial charge in [0.25, 0.3) is 0 Å². The minimum Gasteiger partial charge on any atom is -0.418 e. The smallest absolute Gasteiger partial charge is 0.315 e. The Balaban J connectivity index is 1.78. The lowest BCUT2D eigenvalue weighted by Crippen LogP contribution is -2.39. The number of hydrogen-bond donors (Lipinski definition) is 2. The van der Waals surface area contributed by atoms with E-state index in [1.54, 1.807) is 31.4 Å². The van der Waals surface area contributed by atoms with Gasteiger partial charge in [-0.1, -0.05) is 41.9 Å². The van der Waals surface area contributed by atoms with Gasteiger partial charge in [0.1, 0.15) is 6.04 Å². The van der Waals surface area contributed by atoms with E-state index in [0.29, 0.717) is 30.0 Å². The first-order valence-corrected chi connectivity index (χ1v) is 9.23. The van der Waals surface area contributed by atoms with E-state index in [2.05, 4.69) is 20.8 Å². The van der Waals surface area contributed by atoms with E-state index >= 15 is 0 Å². The molecule has 146 valence electrons. The molecule has 1 heterocycles. The summed E-state index contributed by atoms with van der Waals surface area (Å²) in [4.78, 5) is 12.3. The van der Waals surface area contributed by atoms with Gasteiger partial charge in [0.15, 0.2) is 0 Å². The molecule has 8 heteroatoms. The second-order valence-corrected chi connectivity index (χ2v) is 6.48. The zero-order valence-electron chi connectivity index (χ0n) is 15.4. The molecule has 0 spiro atoms. The van der Waals surface area contributed by atoms with Gasteiger partial charge in [0.05, 0.1) is 0 Å². The van der Waals surface area contributed by atoms with Crippen molar-refractivity contribution in [3.63, 3.8) is 0 Å². The third kappa shape index (κ3) is 5.31. The largest absolute Gasteiger partial charge is 0.418 e. The van der Waals surface area contributed by atoms with E-state index in [-0.39, 0.29) is 6.03 Å². The molecule has 1 atom stereocenters. The Morgan fingerprint density at radius 1 is 1.14 bits per heavy atom. The average Bonchev–Trinajstić information content (AvgIpc) is 3.20. The van der Waals surface area contributed by atoms with Crippen LogP contribution in [0.1, 0.15) is 23.9 Å².